The van der Waals surface area contributed by atoms with E-state index in [1.807, 2.05) is 50.2 Å². The quantitative estimate of drug-likeness (QED) is 0.223. The maximum Gasteiger partial charge on any atom is 0.413 e. The zero-order valence-electron chi connectivity index (χ0n) is 23.8. The summed E-state index contributed by atoms with van der Waals surface area (Å²) in [5, 5.41) is 15.3. The van der Waals surface area contributed by atoms with E-state index < -0.39 is 17.7 Å². The molecule has 3 aromatic rings. The SMILES string of the molecule is CC(C)(C)OC(=O)Nc1ccc(CCC(=O)CCCC(C)(C)c2ccc(C(=O)O)c(Nc3ccccc3)n2)cn1. The van der Waals surface area contributed by atoms with Crippen LogP contribution in [0.2, 0.25) is 0 Å². The molecular weight excluding hydrogens is 508 g/mol. The maximum atomic E-state index is 12.6. The second-order valence-electron chi connectivity index (χ2n) is 11.3. The summed E-state index contributed by atoms with van der Waals surface area (Å²) in [7, 11) is 0. The minimum atomic E-state index is -1.05. The van der Waals surface area contributed by atoms with E-state index in [-0.39, 0.29) is 16.8 Å². The molecule has 2 heterocycles. The number of hydrogen-bond donors (Lipinski definition) is 3. The summed E-state index contributed by atoms with van der Waals surface area (Å²) >= 11 is 0. The van der Waals surface area contributed by atoms with Crippen LogP contribution in [0.3, 0.4) is 0 Å². The predicted molar refractivity (Wildman–Crippen MR) is 155 cm³/mol. The van der Waals surface area contributed by atoms with Crippen molar-refractivity contribution in [1.29, 1.82) is 0 Å². The third-order valence-corrected chi connectivity index (χ3v) is 6.26. The van der Waals surface area contributed by atoms with Crippen LogP contribution in [-0.2, 0) is 21.4 Å². The molecule has 0 fully saturated rings. The smallest absolute Gasteiger partial charge is 0.413 e. The Morgan fingerprint density at radius 2 is 1.65 bits per heavy atom. The lowest BCUT2D eigenvalue weighted by Gasteiger charge is -2.25. The van der Waals surface area contributed by atoms with E-state index in [0.717, 1.165) is 23.4 Å². The van der Waals surface area contributed by atoms with Gasteiger partial charge in [-0.3, -0.25) is 10.1 Å². The number of benzene rings is 1. The standard InChI is InChI=1S/C31H38N4O5/c1-30(2,3)40-29(39)35-26-18-14-21(20-32-26)13-15-23(36)12-9-19-31(4,5)25-17-16-24(28(37)38)27(34-25)33-22-10-7-6-8-11-22/h6-8,10-11,14,16-18,20H,9,12-13,15,19H2,1-5H3,(H,33,34)(H,37,38)(H,32,35,39). The van der Waals surface area contributed by atoms with Crippen molar-refractivity contribution in [2.24, 2.45) is 0 Å². The van der Waals surface area contributed by atoms with E-state index in [1.54, 1.807) is 45.2 Å². The van der Waals surface area contributed by atoms with Gasteiger partial charge in [0.2, 0.25) is 0 Å². The first-order chi connectivity index (χ1) is 18.8. The van der Waals surface area contributed by atoms with E-state index in [0.29, 0.717) is 37.3 Å². The molecule has 0 saturated heterocycles. The molecule has 3 rings (SSSR count). The molecule has 0 aliphatic rings. The zero-order chi connectivity index (χ0) is 29.3. The molecule has 212 valence electrons. The van der Waals surface area contributed by atoms with Crippen LogP contribution in [0, 0.1) is 0 Å². The molecule has 0 aliphatic carbocycles. The Kier molecular flexibility index (Phi) is 9.98. The number of pyridine rings is 2. The Morgan fingerprint density at radius 1 is 0.925 bits per heavy atom. The number of rotatable bonds is 12. The largest absolute Gasteiger partial charge is 0.478 e. The minimum absolute atomic E-state index is 0.0988. The highest BCUT2D eigenvalue weighted by Gasteiger charge is 2.25. The van der Waals surface area contributed by atoms with Crippen LogP contribution in [0.4, 0.5) is 22.1 Å². The molecular formula is C31H38N4O5. The molecule has 0 saturated carbocycles. The summed E-state index contributed by atoms with van der Waals surface area (Å²) in [5.41, 5.74) is 1.57. The number of Topliss-reactive ketones (excluding diaryl/α,β-unsaturated/α-hetero) is 1. The van der Waals surface area contributed by atoms with Gasteiger partial charge in [0.15, 0.2) is 0 Å². The maximum absolute atomic E-state index is 12.6. The number of aromatic nitrogens is 2. The second-order valence-corrected chi connectivity index (χ2v) is 11.3. The zero-order valence-corrected chi connectivity index (χ0v) is 23.8. The highest BCUT2D eigenvalue weighted by atomic mass is 16.6. The Bertz CT molecular complexity index is 1320. The van der Waals surface area contributed by atoms with Gasteiger partial charge in [-0.15, -0.1) is 0 Å². The van der Waals surface area contributed by atoms with Crippen molar-refractivity contribution in [3.05, 3.63) is 77.6 Å². The molecule has 0 radical (unpaired) electrons. The van der Waals surface area contributed by atoms with Crippen molar-refractivity contribution >= 4 is 35.2 Å². The van der Waals surface area contributed by atoms with E-state index in [1.165, 1.54) is 0 Å². The molecule has 0 unspecified atom stereocenters. The molecule has 9 nitrogen and oxygen atoms in total. The summed E-state index contributed by atoms with van der Waals surface area (Å²) in [4.78, 5) is 45.1. The topological polar surface area (TPSA) is 131 Å². The number of ketones is 1. The minimum Gasteiger partial charge on any atom is -0.478 e. The van der Waals surface area contributed by atoms with Crippen molar-refractivity contribution < 1.29 is 24.2 Å². The average molecular weight is 547 g/mol. The van der Waals surface area contributed by atoms with E-state index in [9.17, 15) is 19.5 Å². The van der Waals surface area contributed by atoms with Gasteiger partial charge in [-0.05, 0) is 75.9 Å². The van der Waals surface area contributed by atoms with E-state index >= 15 is 0 Å². The number of amides is 1. The summed E-state index contributed by atoms with van der Waals surface area (Å²) < 4.78 is 5.22. The fourth-order valence-electron chi connectivity index (χ4n) is 4.08. The molecule has 2 aromatic heterocycles. The molecule has 0 atom stereocenters. The van der Waals surface area contributed by atoms with Crippen molar-refractivity contribution in [3.63, 3.8) is 0 Å². The van der Waals surface area contributed by atoms with Gasteiger partial charge in [-0.25, -0.2) is 19.6 Å². The molecule has 1 aromatic carbocycles. The number of carbonyl (C=O) groups excluding carboxylic acids is 2. The van der Waals surface area contributed by atoms with Crippen LogP contribution in [-0.4, -0.2) is 38.5 Å². The number of hydrogen-bond acceptors (Lipinski definition) is 7. The lowest BCUT2D eigenvalue weighted by molar-refractivity contribution is -0.119. The fraction of sp³-hybridized carbons (Fsp3) is 0.387. The third kappa shape index (κ3) is 9.48. The lowest BCUT2D eigenvalue weighted by Crippen LogP contribution is -2.27. The van der Waals surface area contributed by atoms with Crippen LogP contribution in [0.25, 0.3) is 0 Å². The number of anilines is 3. The number of aryl methyl sites for hydroxylation is 1. The van der Waals surface area contributed by atoms with Crippen LogP contribution in [0.15, 0.2) is 60.8 Å². The summed E-state index contributed by atoms with van der Waals surface area (Å²) in [6, 6.07) is 16.2. The summed E-state index contributed by atoms with van der Waals surface area (Å²) in [6.45, 7) is 9.46. The second kappa shape index (κ2) is 13.2. The Morgan fingerprint density at radius 3 is 2.27 bits per heavy atom. The van der Waals surface area contributed by atoms with Gasteiger partial charge in [0.1, 0.15) is 28.6 Å². The molecule has 9 heteroatoms. The number of nitrogens with zero attached hydrogens (tertiary/aromatic N) is 2. The first kappa shape index (κ1) is 30.3. The molecule has 1 amide bonds. The molecule has 0 bridgehead atoms. The number of ether oxygens (including phenoxy) is 1. The number of nitrogens with one attached hydrogen (secondary N) is 2. The third-order valence-electron chi connectivity index (χ3n) is 6.26. The van der Waals surface area contributed by atoms with Crippen LogP contribution >= 0.6 is 0 Å². The van der Waals surface area contributed by atoms with Crippen LogP contribution in [0.5, 0.6) is 0 Å². The molecule has 40 heavy (non-hydrogen) atoms. The Labute approximate surface area is 235 Å². The van der Waals surface area contributed by atoms with Gasteiger partial charge in [-0.2, -0.15) is 0 Å². The number of carboxylic acid groups (broad SMARTS) is 1. The average Bonchev–Trinajstić information content (AvgIpc) is 2.87. The molecule has 0 spiro atoms. The first-order valence-electron chi connectivity index (χ1n) is 13.4. The van der Waals surface area contributed by atoms with Crippen LogP contribution < -0.4 is 10.6 Å². The van der Waals surface area contributed by atoms with Gasteiger partial charge in [0.25, 0.3) is 0 Å². The Hall–Kier alpha value is -4.27. The Balaban J connectivity index is 1.50. The van der Waals surface area contributed by atoms with Gasteiger partial charge >= 0.3 is 12.1 Å². The van der Waals surface area contributed by atoms with E-state index in [4.69, 9.17) is 4.74 Å². The molecule has 0 aliphatic heterocycles. The van der Waals surface area contributed by atoms with Crippen molar-refractivity contribution in [1.82, 2.24) is 9.97 Å². The number of carboxylic acids is 1. The highest BCUT2D eigenvalue weighted by molar-refractivity contribution is 5.94. The molecule has 3 N–H and O–H groups in total. The lowest BCUT2D eigenvalue weighted by atomic mass is 9.82. The first-order valence-corrected chi connectivity index (χ1v) is 13.4. The van der Waals surface area contributed by atoms with Gasteiger partial charge in [-0.1, -0.05) is 38.1 Å². The highest BCUT2D eigenvalue weighted by Crippen LogP contribution is 2.30. The summed E-state index contributed by atoms with van der Waals surface area (Å²) in [6.07, 6.45) is 3.89. The van der Waals surface area contributed by atoms with Crippen LogP contribution in [0.1, 0.15) is 81.9 Å². The normalized spacial score (nSPS) is 11.5. The summed E-state index contributed by atoms with van der Waals surface area (Å²) in [5.74, 6) is -0.211. The number of carbonyl (C=O) groups is 3. The predicted octanol–water partition coefficient (Wildman–Crippen LogP) is 6.92. The van der Waals surface area contributed by atoms with E-state index in [2.05, 4.69) is 20.6 Å². The number of para-hydroxylation sites is 1. The fourth-order valence-corrected chi connectivity index (χ4v) is 4.08. The van der Waals surface area contributed by atoms with Gasteiger partial charge in [0.05, 0.1) is 0 Å². The van der Waals surface area contributed by atoms with Crippen molar-refractivity contribution in [3.8, 4) is 0 Å². The van der Waals surface area contributed by atoms with Gasteiger partial charge < -0.3 is 15.2 Å². The van der Waals surface area contributed by atoms with Crippen molar-refractivity contribution in [2.75, 3.05) is 10.6 Å². The van der Waals surface area contributed by atoms with Crippen molar-refractivity contribution in [2.45, 2.75) is 77.7 Å². The number of aromatic carboxylic acids is 1. The van der Waals surface area contributed by atoms with Gasteiger partial charge in [0, 0.05) is 35.8 Å². The monoisotopic (exact) mass is 546 g/mol.